The number of phenols is 1. The van der Waals surface area contributed by atoms with E-state index in [0.29, 0.717) is 6.42 Å². The molecule has 168 valence electrons. The third kappa shape index (κ3) is 4.41. The standard InChI is InChI=1S/C24H27N3O4S/c1-15-18-10-12-27(11-6-4-5-7-22(29)26-32(3,30)31)14-20(18)16(2)24-23(15)19-13-17(28)8-9-21(19)25-24/h8-10,12-14H,4-7,11H2,1-3H3,(H2,26,28,29)/p+1. The van der Waals surface area contributed by atoms with Crippen molar-refractivity contribution in [3.8, 4) is 5.75 Å². The fourth-order valence-electron chi connectivity index (χ4n) is 4.44. The summed E-state index contributed by atoms with van der Waals surface area (Å²) in [5, 5.41) is 14.5. The van der Waals surface area contributed by atoms with Gasteiger partial charge in [0.25, 0.3) is 0 Å². The van der Waals surface area contributed by atoms with Gasteiger partial charge >= 0.3 is 0 Å². The Morgan fingerprint density at radius 1 is 1.06 bits per heavy atom. The lowest BCUT2D eigenvalue weighted by Gasteiger charge is -2.08. The monoisotopic (exact) mass is 454 g/mol. The number of pyridine rings is 1. The van der Waals surface area contributed by atoms with E-state index < -0.39 is 15.9 Å². The first-order chi connectivity index (χ1) is 15.1. The molecule has 0 fully saturated rings. The minimum absolute atomic E-state index is 0.210. The number of carbonyl (C=O) groups excluding carboxylic acids is 1. The molecule has 0 aliphatic heterocycles. The van der Waals surface area contributed by atoms with Gasteiger partial charge in [-0.05, 0) is 61.4 Å². The van der Waals surface area contributed by atoms with Gasteiger partial charge in [-0.3, -0.25) is 9.52 Å². The van der Waals surface area contributed by atoms with Crippen LogP contribution in [-0.2, 0) is 21.4 Å². The number of fused-ring (bicyclic) bond motifs is 4. The highest BCUT2D eigenvalue weighted by Crippen LogP contribution is 2.37. The Morgan fingerprint density at radius 3 is 2.59 bits per heavy atom. The number of rotatable bonds is 7. The van der Waals surface area contributed by atoms with Gasteiger partial charge in [0.05, 0.1) is 17.2 Å². The van der Waals surface area contributed by atoms with Crippen molar-refractivity contribution in [3.05, 3.63) is 47.8 Å². The minimum atomic E-state index is -3.48. The number of aromatic nitrogens is 2. The van der Waals surface area contributed by atoms with Crippen molar-refractivity contribution in [1.82, 2.24) is 9.71 Å². The summed E-state index contributed by atoms with van der Waals surface area (Å²) in [6.07, 6.45) is 7.81. The molecule has 0 saturated carbocycles. The maximum Gasteiger partial charge on any atom is 0.233 e. The lowest BCUT2D eigenvalue weighted by molar-refractivity contribution is -0.696. The fourth-order valence-corrected chi connectivity index (χ4v) is 4.95. The molecule has 3 N–H and O–H groups in total. The molecule has 2 aromatic heterocycles. The Morgan fingerprint density at radius 2 is 1.84 bits per heavy atom. The van der Waals surface area contributed by atoms with E-state index in [1.165, 1.54) is 21.9 Å². The molecule has 4 rings (SSSR count). The van der Waals surface area contributed by atoms with Gasteiger partial charge in [-0.2, -0.15) is 0 Å². The summed E-state index contributed by atoms with van der Waals surface area (Å²) in [5.74, 6) is -0.192. The van der Waals surface area contributed by atoms with Gasteiger partial charge < -0.3 is 10.1 Å². The van der Waals surface area contributed by atoms with Crippen molar-refractivity contribution in [3.63, 3.8) is 0 Å². The van der Waals surface area contributed by atoms with E-state index in [2.05, 4.69) is 41.9 Å². The van der Waals surface area contributed by atoms with Crippen LogP contribution < -0.4 is 9.29 Å². The average Bonchev–Trinajstić information content (AvgIpc) is 3.09. The largest absolute Gasteiger partial charge is 0.508 e. The number of aromatic hydroxyl groups is 1. The Labute approximate surface area is 187 Å². The predicted molar refractivity (Wildman–Crippen MR) is 126 cm³/mol. The maximum absolute atomic E-state index is 11.6. The number of sulfonamides is 1. The van der Waals surface area contributed by atoms with Crippen LogP contribution in [0.25, 0.3) is 32.6 Å². The molecule has 0 atom stereocenters. The van der Waals surface area contributed by atoms with E-state index in [9.17, 15) is 18.3 Å². The quantitative estimate of drug-likeness (QED) is 0.292. The van der Waals surface area contributed by atoms with E-state index >= 15 is 0 Å². The van der Waals surface area contributed by atoms with Gasteiger partial charge in [-0.15, -0.1) is 0 Å². The molecule has 0 saturated heterocycles. The van der Waals surface area contributed by atoms with Crippen molar-refractivity contribution in [2.45, 2.75) is 46.1 Å². The molecule has 4 aromatic rings. The van der Waals surface area contributed by atoms with Gasteiger partial charge in [0, 0.05) is 35.2 Å². The normalized spacial score (nSPS) is 12.1. The van der Waals surface area contributed by atoms with E-state index in [1.807, 2.05) is 16.9 Å². The molecule has 8 heteroatoms. The topological polar surface area (TPSA) is 103 Å². The number of unbranched alkanes of at least 4 members (excludes halogenated alkanes) is 2. The Kier molecular flexibility index (Phi) is 5.81. The number of aromatic amines is 1. The molecule has 0 aliphatic rings. The first kappa shape index (κ1) is 22.1. The lowest BCUT2D eigenvalue weighted by Crippen LogP contribution is -2.32. The predicted octanol–water partition coefficient (Wildman–Crippen LogP) is 3.72. The maximum atomic E-state index is 11.6. The van der Waals surface area contributed by atoms with Gasteiger partial charge in [0.2, 0.25) is 15.9 Å². The Balaban J connectivity index is 1.53. The molecular formula is C24H28N3O4S+. The van der Waals surface area contributed by atoms with Gasteiger partial charge in [0.15, 0.2) is 12.4 Å². The van der Waals surface area contributed by atoms with E-state index in [4.69, 9.17) is 0 Å². The van der Waals surface area contributed by atoms with Crippen LogP contribution in [0.4, 0.5) is 0 Å². The molecule has 2 heterocycles. The first-order valence-electron chi connectivity index (χ1n) is 10.7. The molecular weight excluding hydrogens is 426 g/mol. The van der Waals surface area contributed by atoms with Gasteiger partial charge in [-0.1, -0.05) is 0 Å². The number of nitrogens with zero attached hydrogens (tertiary/aromatic N) is 1. The summed E-state index contributed by atoms with van der Waals surface area (Å²) in [7, 11) is -3.48. The second-order valence-electron chi connectivity index (χ2n) is 8.47. The number of H-pyrrole nitrogens is 1. The third-order valence-electron chi connectivity index (χ3n) is 5.98. The summed E-state index contributed by atoms with van der Waals surface area (Å²) in [6, 6.07) is 7.55. The Bertz CT molecular complexity index is 1460. The van der Waals surface area contributed by atoms with E-state index in [1.54, 1.807) is 6.07 Å². The van der Waals surface area contributed by atoms with Crippen molar-refractivity contribution >= 4 is 48.5 Å². The number of hydrogen-bond acceptors (Lipinski definition) is 4. The number of phenolic OH excluding ortho intramolecular Hbond substituents is 1. The number of nitrogens with one attached hydrogen (secondary N) is 2. The lowest BCUT2D eigenvalue weighted by atomic mass is 9.97. The average molecular weight is 455 g/mol. The van der Waals surface area contributed by atoms with Crippen LogP contribution >= 0.6 is 0 Å². The summed E-state index contributed by atoms with van der Waals surface area (Å²) in [5.41, 5.74) is 4.45. The molecule has 0 radical (unpaired) electrons. The van der Waals surface area contributed by atoms with Crippen LogP contribution in [0.15, 0.2) is 36.7 Å². The second-order valence-corrected chi connectivity index (χ2v) is 10.2. The number of aryl methyl sites for hydroxylation is 3. The highest BCUT2D eigenvalue weighted by molar-refractivity contribution is 7.89. The molecule has 0 unspecified atom stereocenters. The molecule has 1 amide bonds. The molecule has 32 heavy (non-hydrogen) atoms. The molecule has 7 nitrogen and oxygen atoms in total. The minimum Gasteiger partial charge on any atom is -0.508 e. The van der Waals surface area contributed by atoms with Crippen molar-refractivity contribution < 1.29 is 22.9 Å². The van der Waals surface area contributed by atoms with Crippen LogP contribution in [0.1, 0.15) is 36.8 Å². The Hall–Kier alpha value is -3.13. The zero-order chi connectivity index (χ0) is 23.0. The first-order valence-corrected chi connectivity index (χ1v) is 12.6. The molecule has 2 aromatic carbocycles. The van der Waals surface area contributed by atoms with Crippen LogP contribution in [0.3, 0.4) is 0 Å². The number of hydrogen-bond donors (Lipinski definition) is 3. The van der Waals surface area contributed by atoms with Crippen molar-refractivity contribution in [1.29, 1.82) is 0 Å². The highest BCUT2D eigenvalue weighted by atomic mass is 32.2. The molecule has 0 bridgehead atoms. The van der Waals surface area contributed by atoms with Crippen LogP contribution in [-0.4, -0.2) is 30.7 Å². The summed E-state index contributed by atoms with van der Waals surface area (Å²) < 4.78 is 26.3. The van der Waals surface area contributed by atoms with Gasteiger partial charge in [-0.25, -0.2) is 13.0 Å². The van der Waals surface area contributed by atoms with E-state index in [0.717, 1.165) is 47.4 Å². The second kappa shape index (κ2) is 8.43. The van der Waals surface area contributed by atoms with Crippen molar-refractivity contribution in [2.75, 3.05) is 6.26 Å². The summed E-state index contributed by atoms with van der Waals surface area (Å²) >= 11 is 0. The summed E-state index contributed by atoms with van der Waals surface area (Å²) in [6.45, 7) is 5.05. The number of carbonyl (C=O) groups is 1. The van der Waals surface area contributed by atoms with E-state index in [-0.39, 0.29) is 12.2 Å². The SMILES string of the molecule is Cc1c2c[n+](CCCCCC(=O)NS(C)(=O)=O)ccc2c(C)c2c1[nH]c1ccc(O)cc12. The third-order valence-corrected chi connectivity index (χ3v) is 6.58. The van der Waals surface area contributed by atoms with Crippen molar-refractivity contribution in [2.24, 2.45) is 0 Å². The van der Waals surface area contributed by atoms with Crippen LogP contribution in [0.2, 0.25) is 0 Å². The number of benzene rings is 2. The zero-order valence-corrected chi connectivity index (χ0v) is 19.3. The van der Waals surface area contributed by atoms with Gasteiger partial charge in [0.1, 0.15) is 12.3 Å². The fraction of sp³-hybridized carbons (Fsp3) is 0.333. The highest BCUT2D eigenvalue weighted by Gasteiger charge is 2.17. The van der Waals surface area contributed by atoms with Crippen LogP contribution in [0.5, 0.6) is 5.75 Å². The summed E-state index contributed by atoms with van der Waals surface area (Å²) in [4.78, 5) is 15.1. The number of amides is 1. The smallest absolute Gasteiger partial charge is 0.233 e. The zero-order valence-electron chi connectivity index (χ0n) is 18.5. The van der Waals surface area contributed by atoms with Crippen LogP contribution in [0, 0.1) is 13.8 Å². The molecule has 0 aliphatic carbocycles. The molecule has 0 spiro atoms.